The summed E-state index contributed by atoms with van der Waals surface area (Å²) < 4.78 is 10.9. The van der Waals surface area contributed by atoms with Gasteiger partial charge in [0.25, 0.3) is 0 Å². The third kappa shape index (κ3) is 3.78. The highest BCUT2D eigenvalue weighted by atomic mass is 16.5. The van der Waals surface area contributed by atoms with Crippen LogP contribution in [0.4, 0.5) is 0 Å². The monoisotopic (exact) mass is 319 g/mol. The van der Waals surface area contributed by atoms with E-state index >= 15 is 0 Å². The molecule has 0 aliphatic heterocycles. The van der Waals surface area contributed by atoms with Gasteiger partial charge in [-0.05, 0) is 48.0 Å². The summed E-state index contributed by atoms with van der Waals surface area (Å²) in [6, 6.07) is 13.9. The lowest BCUT2D eigenvalue weighted by Gasteiger charge is -2.07. The zero-order chi connectivity index (χ0) is 16.8. The summed E-state index contributed by atoms with van der Waals surface area (Å²) in [5.74, 6) is 0.536. The van der Waals surface area contributed by atoms with Crippen LogP contribution in [-0.2, 0) is 6.61 Å². The SMILES string of the molecule is N#Cc1cc(C(=O)Oc2ccc(OCc3ccncc3)cc2)c[nH]1. The molecule has 0 aliphatic rings. The first-order chi connectivity index (χ1) is 11.7. The molecule has 3 rings (SSSR count). The molecular formula is C18H13N3O3. The summed E-state index contributed by atoms with van der Waals surface area (Å²) in [5.41, 5.74) is 1.62. The van der Waals surface area contributed by atoms with Crippen molar-refractivity contribution in [2.24, 2.45) is 0 Å². The zero-order valence-electron chi connectivity index (χ0n) is 12.6. The van der Waals surface area contributed by atoms with Crippen LogP contribution in [0.2, 0.25) is 0 Å². The molecule has 6 nitrogen and oxygen atoms in total. The number of aromatic amines is 1. The Morgan fingerprint density at radius 3 is 2.50 bits per heavy atom. The summed E-state index contributed by atoms with van der Waals surface area (Å²) in [6.45, 7) is 0.432. The minimum atomic E-state index is -0.529. The predicted molar refractivity (Wildman–Crippen MR) is 85.5 cm³/mol. The number of carbonyl (C=O) groups is 1. The molecule has 24 heavy (non-hydrogen) atoms. The first-order valence-corrected chi connectivity index (χ1v) is 7.17. The second kappa shape index (κ2) is 7.11. The van der Waals surface area contributed by atoms with Crippen LogP contribution in [0.3, 0.4) is 0 Å². The maximum atomic E-state index is 12.0. The van der Waals surface area contributed by atoms with Crippen molar-refractivity contribution >= 4 is 5.97 Å². The first-order valence-electron chi connectivity index (χ1n) is 7.17. The van der Waals surface area contributed by atoms with Gasteiger partial charge in [0.1, 0.15) is 29.9 Å². The van der Waals surface area contributed by atoms with Gasteiger partial charge in [-0.3, -0.25) is 4.98 Å². The number of nitriles is 1. The lowest BCUT2D eigenvalue weighted by Crippen LogP contribution is -2.07. The van der Waals surface area contributed by atoms with Crippen molar-refractivity contribution in [3.05, 3.63) is 77.9 Å². The molecule has 0 saturated heterocycles. The minimum absolute atomic E-state index is 0.296. The van der Waals surface area contributed by atoms with E-state index in [9.17, 15) is 4.79 Å². The van der Waals surface area contributed by atoms with Crippen LogP contribution in [0, 0.1) is 11.3 Å². The van der Waals surface area contributed by atoms with Crippen LogP contribution in [0.5, 0.6) is 11.5 Å². The molecule has 0 spiro atoms. The second-order valence-electron chi connectivity index (χ2n) is 4.92. The number of benzene rings is 1. The number of hydrogen-bond donors (Lipinski definition) is 1. The number of nitrogens with zero attached hydrogens (tertiary/aromatic N) is 2. The maximum absolute atomic E-state index is 12.0. The number of pyridine rings is 1. The highest BCUT2D eigenvalue weighted by Gasteiger charge is 2.11. The van der Waals surface area contributed by atoms with Gasteiger partial charge in [0.15, 0.2) is 0 Å². The standard InChI is InChI=1S/C18H13N3O3/c19-10-15-9-14(11-21-15)18(22)24-17-3-1-16(2-4-17)23-12-13-5-7-20-8-6-13/h1-9,11,21H,12H2. The molecule has 0 saturated carbocycles. The molecule has 6 heteroatoms. The van der Waals surface area contributed by atoms with Gasteiger partial charge in [-0.25, -0.2) is 4.79 Å². The fourth-order valence-electron chi connectivity index (χ4n) is 1.99. The van der Waals surface area contributed by atoms with Crippen LogP contribution < -0.4 is 9.47 Å². The number of aromatic nitrogens is 2. The minimum Gasteiger partial charge on any atom is -0.489 e. The highest BCUT2D eigenvalue weighted by Crippen LogP contribution is 2.19. The van der Waals surface area contributed by atoms with Crippen LogP contribution in [-0.4, -0.2) is 15.9 Å². The van der Waals surface area contributed by atoms with Crippen molar-refractivity contribution in [3.8, 4) is 17.6 Å². The fraction of sp³-hybridized carbons (Fsp3) is 0.0556. The van der Waals surface area contributed by atoms with Gasteiger partial charge in [-0.1, -0.05) is 0 Å². The lowest BCUT2D eigenvalue weighted by atomic mass is 10.3. The van der Waals surface area contributed by atoms with Gasteiger partial charge in [-0.2, -0.15) is 5.26 Å². The topological polar surface area (TPSA) is 88.0 Å². The van der Waals surface area contributed by atoms with Crippen molar-refractivity contribution < 1.29 is 14.3 Å². The van der Waals surface area contributed by atoms with Gasteiger partial charge in [-0.15, -0.1) is 0 Å². The summed E-state index contributed by atoms with van der Waals surface area (Å²) in [6.07, 6.45) is 4.85. The van der Waals surface area contributed by atoms with Crippen LogP contribution in [0.25, 0.3) is 0 Å². The van der Waals surface area contributed by atoms with Gasteiger partial charge in [0.2, 0.25) is 0 Å². The number of nitrogens with one attached hydrogen (secondary N) is 1. The van der Waals surface area contributed by atoms with Crippen LogP contribution in [0.1, 0.15) is 21.6 Å². The Bertz CT molecular complexity index is 865. The van der Waals surface area contributed by atoms with E-state index in [-0.39, 0.29) is 0 Å². The molecule has 3 aromatic rings. The predicted octanol–water partition coefficient (Wildman–Crippen LogP) is 3.08. The second-order valence-corrected chi connectivity index (χ2v) is 4.92. The molecule has 2 aromatic heterocycles. The molecule has 1 aromatic carbocycles. The van der Waals surface area contributed by atoms with Gasteiger partial charge in [0.05, 0.1) is 5.56 Å². The third-order valence-corrected chi connectivity index (χ3v) is 3.23. The van der Waals surface area contributed by atoms with E-state index in [0.29, 0.717) is 29.4 Å². The van der Waals surface area contributed by atoms with E-state index < -0.39 is 5.97 Å². The van der Waals surface area contributed by atoms with E-state index in [4.69, 9.17) is 14.7 Å². The molecule has 0 radical (unpaired) electrons. The van der Waals surface area contributed by atoms with Gasteiger partial charge >= 0.3 is 5.97 Å². The van der Waals surface area contributed by atoms with E-state index in [1.165, 1.54) is 12.3 Å². The van der Waals surface area contributed by atoms with Crippen molar-refractivity contribution in [2.45, 2.75) is 6.61 Å². The Hall–Kier alpha value is -3.59. The Morgan fingerprint density at radius 2 is 1.83 bits per heavy atom. The molecule has 1 N–H and O–H groups in total. The average molecular weight is 319 g/mol. The largest absolute Gasteiger partial charge is 0.489 e. The summed E-state index contributed by atoms with van der Waals surface area (Å²) in [7, 11) is 0. The average Bonchev–Trinajstić information content (AvgIpc) is 3.11. The number of rotatable bonds is 5. The van der Waals surface area contributed by atoms with Crippen LogP contribution in [0.15, 0.2) is 61.1 Å². The molecule has 0 bridgehead atoms. The molecule has 118 valence electrons. The van der Waals surface area contributed by atoms with Crippen molar-refractivity contribution in [1.82, 2.24) is 9.97 Å². The van der Waals surface area contributed by atoms with Crippen molar-refractivity contribution in [3.63, 3.8) is 0 Å². The Labute approximate surface area is 138 Å². The normalized spacial score (nSPS) is 9.96. The summed E-state index contributed by atoms with van der Waals surface area (Å²) in [4.78, 5) is 18.6. The fourth-order valence-corrected chi connectivity index (χ4v) is 1.99. The maximum Gasteiger partial charge on any atom is 0.345 e. The van der Waals surface area contributed by atoms with E-state index in [1.807, 2.05) is 18.2 Å². The summed E-state index contributed by atoms with van der Waals surface area (Å²) >= 11 is 0. The molecule has 0 atom stereocenters. The van der Waals surface area contributed by atoms with Crippen molar-refractivity contribution in [1.29, 1.82) is 5.26 Å². The number of ether oxygens (including phenoxy) is 2. The van der Waals surface area contributed by atoms with E-state index in [2.05, 4.69) is 9.97 Å². The number of esters is 1. The Balaban J connectivity index is 1.58. The summed E-state index contributed by atoms with van der Waals surface area (Å²) in [5, 5.41) is 8.74. The number of carbonyl (C=O) groups excluding carboxylic acids is 1. The number of H-pyrrole nitrogens is 1. The molecule has 0 amide bonds. The smallest absolute Gasteiger partial charge is 0.345 e. The molecular weight excluding hydrogens is 306 g/mol. The first kappa shape index (κ1) is 15.3. The molecule has 0 aliphatic carbocycles. The lowest BCUT2D eigenvalue weighted by molar-refractivity contribution is 0.0735. The van der Waals surface area contributed by atoms with Crippen molar-refractivity contribution in [2.75, 3.05) is 0 Å². The highest BCUT2D eigenvalue weighted by molar-refractivity contribution is 5.91. The zero-order valence-corrected chi connectivity index (χ0v) is 12.6. The van der Waals surface area contributed by atoms with E-state index in [1.54, 1.807) is 36.7 Å². The van der Waals surface area contributed by atoms with Crippen LogP contribution >= 0.6 is 0 Å². The third-order valence-electron chi connectivity index (χ3n) is 3.23. The van der Waals surface area contributed by atoms with E-state index in [0.717, 1.165) is 5.56 Å². The van der Waals surface area contributed by atoms with Gasteiger partial charge < -0.3 is 14.5 Å². The Kier molecular flexibility index (Phi) is 4.54. The molecule has 0 unspecified atom stereocenters. The Morgan fingerprint density at radius 1 is 1.12 bits per heavy atom. The molecule has 0 fully saturated rings. The van der Waals surface area contributed by atoms with Gasteiger partial charge in [0, 0.05) is 18.6 Å². The molecule has 2 heterocycles. The number of hydrogen-bond acceptors (Lipinski definition) is 5. The quantitative estimate of drug-likeness (QED) is 0.577.